The highest BCUT2D eigenvalue weighted by Gasteiger charge is 2.24. The fraction of sp³-hybridized carbons (Fsp3) is 0.417. The van der Waals surface area contributed by atoms with Crippen LogP contribution in [0.5, 0.6) is 0 Å². The highest BCUT2D eigenvalue weighted by Crippen LogP contribution is 2.21. The third-order valence-electron chi connectivity index (χ3n) is 4.49. The molecular weight excluding hydrogens is 366 g/mol. The molecule has 0 heterocycles. The minimum absolute atomic E-state index is 0.185. The lowest BCUT2D eigenvalue weighted by molar-refractivity contribution is -0.139. The second-order valence-electron chi connectivity index (χ2n) is 8.24. The molecule has 5 heteroatoms. The van der Waals surface area contributed by atoms with Crippen LogP contribution in [-0.2, 0) is 22.4 Å². The lowest BCUT2D eigenvalue weighted by atomic mass is 9.99. The van der Waals surface area contributed by atoms with Crippen LogP contribution in [0.3, 0.4) is 0 Å². The number of hydrogen-bond acceptors (Lipinski definition) is 3. The fourth-order valence-corrected chi connectivity index (χ4v) is 2.96. The van der Waals surface area contributed by atoms with Gasteiger partial charge in [-0.2, -0.15) is 0 Å². The average Bonchev–Trinajstić information content (AvgIpc) is 2.65. The first-order chi connectivity index (χ1) is 13.7. The molecule has 0 spiro atoms. The van der Waals surface area contributed by atoms with Gasteiger partial charge >= 0.3 is 12.1 Å². The Morgan fingerprint density at radius 3 is 1.93 bits per heavy atom. The fourth-order valence-electron chi connectivity index (χ4n) is 2.96. The number of carbonyl (C=O) groups excluding carboxylic acids is 1. The van der Waals surface area contributed by atoms with Crippen molar-refractivity contribution in [2.75, 3.05) is 0 Å². The Balaban J connectivity index is 2.02. The normalized spacial score (nSPS) is 12.3. The average molecular weight is 398 g/mol. The molecule has 0 radical (unpaired) electrons. The molecule has 1 unspecified atom stereocenters. The quantitative estimate of drug-likeness (QED) is 0.641. The van der Waals surface area contributed by atoms with E-state index >= 15 is 0 Å². The molecule has 0 aliphatic rings. The maximum atomic E-state index is 11.9. The predicted octanol–water partition coefficient (Wildman–Crippen LogP) is 5.22. The van der Waals surface area contributed by atoms with Crippen molar-refractivity contribution in [3.8, 4) is 11.1 Å². The van der Waals surface area contributed by atoms with E-state index in [0.717, 1.165) is 23.1 Å². The lowest BCUT2D eigenvalue weighted by Crippen LogP contribution is -2.44. The Labute approximate surface area is 173 Å². The number of unbranched alkanes of at least 4 members (excludes halogenated alkanes) is 1. The molecule has 0 bridgehead atoms. The van der Waals surface area contributed by atoms with E-state index in [4.69, 9.17) is 4.74 Å². The van der Waals surface area contributed by atoms with Gasteiger partial charge in [0.25, 0.3) is 0 Å². The summed E-state index contributed by atoms with van der Waals surface area (Å²) in [5, 5.41) is 11.9. The van der Waals surface area contributed by atoms with Gasteiger partial charge in [0.2, 0.25) is 0 Å². The molecular formula is C24H31NO4. The molecule has 2 rings (SSSR count). The summed E-state index contributed by atoms with van der Waals surface area (Å²) in [6.45, 7) is 7.39. The van der Waals surface area contributed by atoms with Gasteiger partial charge in [-0.25, -0.2) is 9.59 Å². The molecule has 156 valence electrons. The number of carboxylic acids is 1. The van der Waals surface area contributed by atoms with Gasteiger partial charge in [0.15, 0.2) is 0 Å². The second-order valence-corrected chi connectivity index (χ2v) is 8.24. The number of benzene rings is 2. The molecule has 2 aromatic rings. The van der Waals surface area contributed by atoms with E-state index in [1.54, 1.807) is 20.8 Å². The molecule has 0 aliphatic carbocycles. The van der Waals surface area contributed by atoms with Crippen molar-refractivity contribution in [2.45, 2.75) is 65.0 Å². The second kappa shape index (κ2) is 10.1. The van der Waals surface area contributed by atoms with E-state index in [1.165, 1.54) is 18.4 Å². The standard InChI is InChI=1S/C24H31NO4/c1-5-6-7-17-8-12-19(13-9-17)20-14-10-18(11-15-20)16-21(22(26)27)25-23(28)29-24(2,3)4/h8-15,21H,5-7,16H2,1-4H3,(H,25,28)(H,26,27). The zero-order chi connectivity index (χ0) is 21.4. The van der Waals surface area contributed by atoms with Gasteiger partial charge in [0.1, 0.15) is 11.6 Å². The van der Waals surface area contributed by atoms with E-state index in [1.807, 2.05) is 24.3 Å². The van der Waals surface area contributed by atoms with Crippen LogP contribution in [0, 0.1) is 0 Å². The first-order valence-electron chi connectivity index (χ1n) is 10.1. The van der Waals surface area contributed by atoms with Gasteiger partial charge in [-0.15, -0.1) is 0 Å². The van der Waals surface area contributed by atoms with Crippen molar-refractivity contribution in [2.24, 2.45) is 0 Å². The number of rotatable bonds is 8. The SMILES string of the molecule is CCCCc1ccc(-c2ccc(CC(NC(=O)OC(C)(C)C)C(=O)O)cc2)cc1. The van der Waals surface area contributed by atoms with Crippen LogP contribution in [0.2, 0.25) is 0 Å². The van der Waals surface area contributed by atoms with Crippen molar-refractivity contribution in [3.05, 3.63) is 59.7 Å². The van der Waals surface area contributed by atoms with Crippen molar-refractivity contribution in [3.63, 3.8) is 0 Å². The summed E-state index contributed by atoms with van der Waals surface area (Å²) < 4.78 is 5.15. The van der Waals surface area contributed by atoms with Crippen molar-refractivity contribution < 1.29 is 19.4 Å². The Morgan fingerprint density at radius 2 is 1.48 bits per heavy atom. The number of carbonyl (C=O) groups is 2. The zero-order valence-corrected chi connectivity index (χ0v) is 17.7. The minimum Gasteiger partial charge on any atom is -0.480 e. The molecule has 29 heavy (non-hydrogen) atoms. The molecule has 5 nitrogen and oxygen atoms in total. The number of amides is 1. The predicted molar refractivity (Wildman–Crippen MR) is 115 cm³/mol. The lowest BCUT2D eigenvalue weighted by Gasteiger charge is -2.22. The summed E-state index contributed by atoms with van der Waals surface area (Å²) in [6.07, 6.45) is 2.92. The van der Waals surface area contributed by atoms with Gasteiger partial charge < -0.3 is 15.2 Å². The van der Waals surface area contributed by atoms with Crippen LogP contribution in [0.1, 0.15) is 51.7 Å². The maximum absolute atomic E-state index is 11.9. The number of alkyl carbamates (subject to hydrolysis) is 1. The summed E-state index contributed by atoms with van der Waals surface area (Å²) >= 11 is 0. The molecule has 2 aromatic carbocycles. The minimum atomic E-state index is -1.09. The Morgan fingerprint density at radius 1 is 0.966 bits per heavy atom. The monoisotopic (exact) mass is 397 g/mol. The number of nitrogens with one attached hydrogen (secondary N) is 1. The van der Waals surface area contributed by atoms with Crippen LogP contribution in [0.15, 0.2) is 48.5 Å². The number of carboxylic acid groups (broad SMARTS) is 1. The van der Waals surface area contributed by atoms with Gasteiger partial charge in [-0.3, -0.25) is 0 Å². The van der Waals surface area contributed by atoms with Crippen LogP contribution in [-0.4, -0.2) is 28.8 Å². The molecule has 0 aliphatic heterocycles. The first-order valence-corrected chi connectivity index (χ1v) is 10.1. The Hall–Kier alpha value is -2.82. The number of aryl methyl sites for hydroxylation is 1. The molecule has 0 saturated heterocycles. The van der Waals surface area contributed by atoms with Gasteiger partial charge in [-0.1, -0.05) is 61.9 Å². The van der Waals surface area contributed by atoms with Gasteiger partial charge in [-0.05, 0) is 55.9 Å². The number of ether oxygens (including phenoxy) is 1. The highest BCUT2D eigenvalue weighted by atomic mass is 16.6. The van der Waals surface area contributed by atoms with Crippen LogP contribution < -0.4 is 5.32 Å². The third kappa shape index (κ3) is 7.60. The van der Waals surface area contributed by atoms with E-state index in [0.29, 0.717) is 0 Å². The van der Waals surface area contributed by atoms with Crippen molar-refractivity contribution in [1.29, 1.82) is 0 Å². The summed E-state index contributed by atoms with van der Waals surface area (Å²) in [4.78, 5) is 23.4. The van der Waals surface area contributed by atoms with Crippen LogP contribution >= 0.6 is 0 Å². The van der Waals surface area contributed by atoms with E-state index in [2.05, 4.69) is 36.5 Å². The van der Waals surface area contributed by atoms with E-state index in [-0.39, 0.29) is 6.42 Å². The van der Waals surface area contributed by atoms with E-state index < -0.39 is 23.7 Å². The summed E-state index contributed by atoms with van der Waals surface area (Å²) in [5.41, 5.74) is 3.68. The van der Waals surface area contributed by atoms with Crippen LogP contribution in [0.25, 0.3) is 11.1 Å². The molecule has 1 atom stereocenters. The van der Waals surface area contributed by atoms with Gasteiger partial charge in [0.05, 0.1) is 0 Å². The Kier molecular flexibility index (Phi) is 7.82. The molecule has 2 N–H and O–H groups in total. The number of hydrogen-bond donors (Lipinski definition) is 2. The van der Waals surface area contributed by atoms with E-state index in [9.17, 15) is 14.7 Å². The number of aliphatic carboxylic acids is 1. The molecule has 0 aromatic heterocycles. The highest BCUT2D eigenvalue weighted by molar-refractivity contribution is 5.80. The largest absolute Gasteiger partial charge is 0.480 e. The third-order valence-corrected chi connectivity index (χ3v) is 4.49. The zero-order valence-electron chi connectivity index (χ0n) is 17.7. The maximum Gasteiger partial charge on any atom is 0.408 e. The topological polar surface area (TPSA) is 75.6 Å². The molecule has 0 fully saturated rings. The summed E-state index contributed by atoms with van der Waals surface area (Å²) in [5.74, 6) is -1.09. The molecule has 0 saturated carbocycles. The summed E-state index contributed by atoms with van der Waals surface area (Å²) in [7, 11) is 0. The van der Waals surface area contributed by atoms with Gasteiger partial charge in [0, 0.05) is 6.42 Å². The smallest absolute Gasteiger partial charge is 0.408 e. The van der Waals surface area contributed by atoms with Crippen molar-refractivity contribution >= 4 is 12.1 Å². The van der Waals surface area contributed by atoms with Crippen LogP contribution in [0.4, 0.5) is 4.79 Å². The Bertz CT molecular complexity index is 804. The molecule has 1 amide bonds. The van der Waals surface area contributed by atoms with Crippen molar-refractivity contribution in [1.82, 2.24) is 5.32 Å². The summed E-state index contributed by atoms with van der Waals surface area (Å²) in [6, 6.07) is 15.2. The first kappa shape index (κ1) is 22.5.